The van der Waals surface area contributed by atoms with Crippen LogP contribution in [0.5, 0.6) is 0 Å². The molecule has 2 nitrogen and oxygen atoms in total. The molecule has 100 valence electrons. The van der Waals surface area contributed by atoms with Gasteiger partial charge in [-0.05, 0) is 26.9 Å². The van der Waals surface area contributed by atoms with Crippen LogP contribution in [-0.2, 0) is 0 Å². The third-order valence-electron chi connectivity index (χ3n) is 3.50. The number of unbranched alkanes of at least 4 members (excludes halogenated alkanes) is 7. The quantitative estimate of drug-likeness (QED) is 0.500. The van der Waals surface area contributed by atoms with E-state index >= 15 is 0 Å². The summed E-state index contributed by atoms with van der Waals surface area (Å²) in [4.78, 5) is 2.31. The van der Waals surface area contributed by atoms with Crippen LogP contribution >= 0.6 is 0 Å². The topological polar surface area (TPSA) is 27.0 Å². The average Bonchev–Trinajstić information content (AvgIpc) is 2.32. The maximum atomic E-state index is 8.62. The zero-order valence-electron chi connectivity index (χ0n) is 12.0. The fraction of sp³-hybridized carbons (Fsp3) is 0.933. The Labute approximate surface area is 108 Å². The summed E-state index contributed by atoms with van der Waals surface area (Å²) < 4.78 is 0. The minimum atomic E-state index is 0.407. The van der Waals surface area contributed by atoms with E-state index in [1.807, 2.05) is 0 Å². The van der Waals surface area contributed by atoms with Gasteiger partial charge >= 0.3 is 0 Å². The average molecular weight is 238 g/mol. The Kier molecular flexibility index (Phi) is 11.5. The maximum Gasteiger partial charge on any atom is 0.0638 e. The number of hydrogen-bond donors (Lipinski definition) is 0. The van der Waals surface area contributed by atoms with Crippen LogP contribution in [0.4, 0.5) is 0 Å². The van der Waals surface area contributed by atoms with Gasteiger partial charge in [-0.2, -0.15) is 5.26 Å². The Hall–Kier alpha value is -0.550. The van der Waals surface area contributed by atoms with Gasteiger partial charge in [-0.3, -0.25) is 0 Å². The third kappa shape index (κ3) is 10.3. The lowest BCUT2D eigenvalue weighted by Gasteiger charge is -2.22. The van der Waals surface area contributed by atoms with Crippen molar-refractivity contribution < 1.29 is 0 Å². The first-order valence-corrected chi connectivity index (χ1v) is 7.29. The highest BCUT2D eigenvalue weighted by atomic mass is 15.1. The van der Waals surface area contributed by atoms with Gasteiger partial charge in [0.05, 0.1) is 12.5 Å². The van der Waals surface area contributed by atoms with E-state index in [1.165, 1.54) is 51.4 Å². The van der Waals surface area contributed by atoms with Crippen LogP contribution in [0.1, 0.15) is 71.6 Å². The molecule has 0 amide bonds. The second kappa shape index (κ2) is 11.9. The predicted octanol–water partition coefficient (Wildman–Crippen LogP) is 4.36. The third-order valence-corrected chi connectivity index (χ3v) is 3.50. The molecule has 2 heteroatoms. The molecule has 1 unspecified atom stereocenters. The van der Waals surface area contributed by atoms with Crippen molar-refractivity contribution in [2.75, 3.05) is 13.6 Å². The zero-order chi connectivity index (χ0) is 12.9. The minimum absolute atomic E-state index is 0.407. The van der Waals surface area contributed by atoms with Crippen molar-refractivity contribution in [3.63, 3.8) is 0 Å². The summed E-state index contributed by atoms with van der Waals surface area (Å²) >= 11 is 0. The number of rotatable bonds is 11. The van der Waals surface area contributed by atoms with Crippen molar-refractivity contribution in [1.82, 2.24) is 4.90 Å². The molecule has 0 spiro atoms. The van der Waals surface area contributed by atoms with Crippen LogP contribution in [-0.4, -0.2) is 24.5 Å². The van der Waals surface area contributed by atoms with Crippen molar-refractivity contribution in [1.29, 1.82) is 5.26 Å². The van der Waals surface area contributed by atoms with E-state index in [0.29, 0.717) is 12.5 Å². The monoisotopic (exact) mass is 238 g/mol. The highest BCUT2D eigenvalue weighted by molar-refractivity contribution is 4.78. The predicted molar refractivity (Wildman–Crippen MR) is 74.9 cm³/mol. The van der Waals surface area contributed by atoms with Crippen LogP contribution in [0.15, 0.2) is 0 Å². The fourth-order valence-electron chi connectivity index (χ4n) is 2.00. The van der Waals surface area contributed by atoms with Crippen LogP contribution < -0.4 is 0 Å². The molecule has 0 aromatic rings. The molecule has 0 aliphatic carbocycles. The van der Waals surface area contributed by atoms with Crippen molar-refractivity contribution in [2.45, 2.75) is 77.7 Å². The molecule has 0 aromatic carbocycles. The minimum Gasteiger partial charge on any atom is -0.303 e. The molecule has 0 fully saturated rings. The lowest BCUT2D eigenvalue weighted by molar-refractivity contribution is 0.254. The Bertz CT molecular complexity index is 196. The Morgan fingerprint density at radius 3 is 2.06 bits per heavy atom. The van der Waals surface area contributed by atoms with E-state index in [-0.39, 0.29) is 0 Å². The molecule has 0 saturated carbocycles. The van der Waals surface area contributed by atoms with Gasteiger partial charge in [-0.25, -0.2) is 0 Å². The summed E-state index contributed by atoms with van der Waals surface area (Å²) in [5.41, 5.74) is 0. The molecule has 0 saturated heterocycles. The van der Waals surface area contributed by atoms with Crippen molar-refractivity contribution in [3.8, 4) is 6.07 Å². The first-order chi connectivity index (χ1) is 8.22. The summed E-state index contributed by atoms with van der Waals surface area (Å²) in [7, 11) is 2.13. The van der Waals surface area contributed by atoms with Crippen molar-refractivity contribution >= 4 is 0 Å². The highest BCUT2D eigenvalue weighted by Crippen LogP contribution is 2.09. The second-order valence-electron chi connectivity index (χ2n) is 5.17. The molecule has 1 atom stereocenters. The van der Waals surface area contributed by atoms with Gasteiger partial charge in [-0.15, -0.1) is 0 Å². The lowest BCUT2D eigenvalue weighted by atomic mass is 10.1. The Morgan fingerprint density at radius 2 is 1.53 bits per heavy atom. The van der Waals surface area contributed by atoms with Crippen LogP contribution in [0.2, 0.25) is 0 Å². The summed E-state index contributed by atoms with van der Waals surface area (Å²) in [5.74, 6) is 0. The highest BCUT2D eigenvalue weighted by Gasteiger charge is 2.07. The number of nitriles is 1. The summed E-state index contributed by atoms with van der Waals surface area (Å²) in [5, 5.41) is 8.62. The summed E-state index contributed by atoms with van der Waals surface area (Å²) in [6.45, 7) is 5.53. The SMILES string of the molecule is CCCCCCCCCCN(C)C(C)CC#N. The van der Waals surface area contributed by atoms with Crippen LogP contribution in [0.3, 0.4) is 0 Å². The zero-order valence-corrected chi connectivity index (χ0v) is 12.0. The second-order valence-corrected chi connectivity index (χ2v) is 5.17. The molecule has 0 radical (unpaired) electrons. The number of nitrogens with zero attached hydrogens (tertiary/aromatic N) is 2. The smallest absolute Gasteiger partial charge is 0.0638 e. The van der Waals surface area contributed by atoms with Gasteiger partial charge in [0.25, 0.3) is 0 Å². The normalized spacial score (nSPS) is 12.6. The van der Waals surface area contributed by atoms with Gasteiger partial charge in [0.2, 0.25) is 0 Å². The van der Waals surface area contributed by atoms with Crippen molar-refractivity contribution in [3.05, 3.63) is 0 Å². The Morgan fingerprint density at radius 1 is 1.00 bits per heavy atom. The molecule has 17 heavy (non-hydrogen) atoms. The van der Waals surface area contributed by atoms with Crippen LogP contribution in [0, 0.1) is 11.3 Å². The summed E-state index contributed by atoms with van der Waals surface area (Å²) in [6.07, 6.45) is 11.6. The van der Waals surface area contributed by atoms with E-state index in [9.17, 15) is 0 Å². The van der Waals surface area contributed by atoms with E-state index in [4.69, 9.17) is 5.26 Å². The number of hydrogen-bond acceptors (Lipinski definition) is 2. The maximum absolute atomic E-state index is 8.62. The molecule has 0 rings (SSSR count). The fourth-order valence-corrected chi connectivity index (χ4v) is 2.00. The molecule has 0 aliphatic heterocycles. The molecule has 0 N–H and O–H groups in total. The largest absolute Gasteiger partial charge is 0.303 e. The molecular formula is C15H30N2. The van der Waals surface area contributed by atoms with Gasteiger partial charge in [-0.1, -0.05) is 51.9 Å². The van der Waals surface area contributed by atoms with E-state index in [1.54, 1.807) is 0 Å². The lowest BCUT2D eigenvalue weighted by Crippen LogP contribution is -2.29. The molecule has 0 aliphatic rings. The molecular weight excluding hydrogens is 208 g/mol. The van der Waals surface area contributed by atoms with Gasteiger partial charge < -0.3 is 4.90 Å². The van der Waals surface area contributed by atoms with Crippen molar-refractivity contribution in [2.24, 2.45) is 0 Å². The van der Waals surface area contributed by atoms with Gasteiger partial charge in [0.1, 0.15) is 0 Å². The van der Waals surface area contributed by atoms with E-state index < -0.39 is 0 Å². The van der Waals surface area contributed by atoms with Gasteiger partial charge in [0, 0.05) is 6.04 Å². The van der Waals surface area contributed by atoms with Crippen LogP contribution in [0.25, 0.3) is 0 Å². The van der Waals surface area contributed by atoms with Gasteiger partial charge in [0.15, 0.2) is 0 Å². The summed E-state index contributed by atoms with van der Waals surface area (Å²) in [6, 6.07) is 2.64. The first kappa shape index (κ1) is 16.4. The van der Waals surface area contributed by atoms with E-state index in [2.05, 4.69) is 31.9 Å². The Balaban J connectivity index is 3.25. The molecule has 0 bridgehead atoms. The van der Waals surface area contributed by atoms with E-state index in [0.717, 1.165) is 6.54 Å². The molecule has 0 heterocycles. The molecule has 0 aromatic heterocycles. The first-order valence-electron chi connectivity index (χ1n) is 7.29. The standard InChI is InChI=1S/C15H30N2/c1-4-5-6-7-8-9-10-11-14-17(3)15(2)12-13-16/h15H,4-12,14H2,1-3H3.